The molecule has 0 spiro atoms. The summed E-state index contributed by atoms with van der Waals surface area (Å²) in [6.45, 7) is -0.149. The summed E-state index contributed by atoms with van der Waals surface area (Å²) in [5.74, 6) is 0.486. The van der Waals surface area contributed by atoms with Crippen molar-refractivity contribution >= 4 is 17.7 Å². The topological polar surface area (TPSA) is 94.8 Å². The van der Waals surface area contributed by atoms with Gasteiger partial charge in [0.05, 0.1) is 20.4 Å². The molecular weight excluding hydrogens is 437 g/mol. The van der Waals surface area contributed by atoms with E-state index in [9.17, 15) is 14.3 Å². The average molecular weight is 462 g/mol. The van der Waals surface area contributed by atoms with E-state index in [1.807, 2.05) is 6.26 Å². The Balaban J connectivity index is 1.65. The molecule has 0 saturated heterocycles. The minimum Gasteiger partial charge on any atom is -0.493 e. The molecule has 1 atom stereocenters. The first kappa shape index (κ1) is 23.4. The van der Waals surface area contributed by atoms with E-state index in [1.54, 1.807) is 34.9 Å². The molecule has 1 heterocycles. The number of rotatable bonds is 10. The molecule has 1 unspecified atom stereocenters. The molecule has 170 valence electrons. The number of nitrogens with one attached hydrogen (secondary N) is 1. The van der Waals surface area contributed by atoms with Crippen LogP contribution in [0.1, 0.15) is 10.5 Å². The third kappa shape index (κ3) is 5.32. The van der Waals surface area contributed by atoms with E-state index in [0.29, 0.717) is 28.1 Å². The van der Waals surface area contributed by atoms with Crippen molar-refractivity contribution in [2.24, 2.45) is 0 Å². The number of carbonyl (C=O) groups excluding carboxylic acids is 1. The predicted octanol–water partition coefficient (Wildman–Crippen LogP) is 2.92. The van der Waals surface area contributed by atoms with Crippen molar-refractivity contribution in [1.82, 2.24) is 14.9 Å². The van der Waals surface area contributed by atoms with Gasteiger partial charge in [-0.05, 0) is 42.7 Å². The zero-order chi connectivity index (χ0) is 23.1. The van der Waals surface area contributed by atoms with Gasteiger partial charge in [-0.1, -0.05) is 17.8 Å². The van der Waals surface area contributed by atoms with Gasteiger partial charge in [-0.15, -0.1) is 0 Å². The third-order valence-corrected chi connectivity index (χ3v) is 5.18. The van der Waals surface area contributed by atoms with Crippen LogP contribution in [0.5, 0.6) is 17.2 Å². The number of amides is 1. The van der Waals surface area contributed by atoms with Crippen LogP contribution in [0.3, 0.4) is 0 Å². The smallest absolute Gasteiger partial charge is 0.270 e. The lowest BCUT2D eigenvalue weighted by Gasteiger charge is -2.17. The Bertz CT molecular complexity index is 1040. The first-order valence-electron chi connectivity index (χ1n) is 9.66. The van der Waals surface area contributed by atoms with E-state index >= 15 is 0 Å². The van der Waals surface area contributed by atoms with Crippen molar-refractivity contribution in [2.75, 3.05) is 33.6 Å². The molecule has 0 aliphatic rings. The second-order valence-corrected chi connectivity index (χ2v) is 7.38. The lowest BCUT2D eigenvalue weighted by Crippen LogP contribution is -2.36. The van der Waals surface area contributed by atoms with Crippen LogP contribution in [0.2, 0.25) is 0 Å². The summed E-state index contributed by atoms with van der Waals surface area (Å²) >= 11 is 1.35. The summed E-state index contributed by atoms with van der Waals surface area (Å²) in [6, 6.07) is 10.9. The maximum Gasteiger partial charge on any atom is 0.270 e. The number of carbonyl (C=O) groups is 1. The van der Waals surface area contributed by atoms with E-state index < -0.39 is 12.0 Å². The SMILES string of the molecule is COc1cccc(OC)c1OCC(O)CNC(=O)c1cnc(SC)n1-c1ccc(F)cc1. The number of aliphatic hydroxyl groups excluding tert-OH is 1. The van der Waals surface area contributed by atoms with Crippen LogP contribution >= 0.6 is 11.8 Å². The summed E-state index contributed by atoms with van der Waals surface area (Å²) in [4.78, 5) is 17.0. The maximum atomic E-state index is 13.3. The number of aliphatic hydroxyl groups is 1. The molecule has 3 aromatic rings. The van der Waals surface area contributed by atoms with Crippen LogP contribution in [0.15, 0.2) is 53.8 Å². The van der Waals surface area contributed by atoms with Crippen LogP contribution in [0, 0.1) is 5.82 Å². The fraction of sp³-hybridized carbons (Fsp3) is 0.273. The number of methoxy groups -OCH3 is 2. The van der Waals surface area contributed by atoms with Crippen molar-refractivity contribution in [2.45, 2.75) is 11.3 Å². The number of ether oxygens (including phenoxy) is 3. The van der Waals surface area contributed by atoms with Crippen molar-refractivity contribution in [3.63, 3.8) is 0 Å². The molecule has 32 heavy (non-hydrogen) atoms. The number of para-hydroxylation sites is 1. The molecule has 0 aliphatic carbocycles. The average Bonchev–Trinajstić information content (AvgIpc) is 3.25. The van der Waals surface area contributed by atoms with Crippen molar-refractivity contribution in [3.8, 4) is 22.9 Å². The van der Waals surface area contributed by atoms with Crippen LogP contribution in [-0.2, 0) is 0 Å². The Morgan fingerprint density at radius 3 is 2.44 bits per heavy atom. The molecule has 3 rings (SSSR count). The van der Waals surface area contributed by atoms with Crippen LogP contribution < -0.4 is 19.5 Å². The van der Waals surface area contributed by atoms with Gasteiger partial charge in [-0.2, -0.15) is 0 Å². The fourth-order valence-corrected chi connectivity index (χ4v) is 3.52. The van der Waals surface area contributed by atoms with Gasteiger partial charge in [0, 0.05) is 12.2 Å². The Kier molecular flexibility index (Phi) is 7.96. The normalized spacial score (nSPS) is 11.7. The molecule has 0 saturated carbocycles. The third-order valence-electron chi connectivity index (χ3n) is 4.53. The van der Waals surface area contributed by atoms with E-state index in [1.165, 1.54) is 44.3 Å². The largest absolute Gasteiger partial charge is 0.493 e. The molecule has 0 aliphatic heterocycles. The minimum absolute atomic E-state index is 0.0561. The lowest BCUT2D eigenvalue weighted by atomic mass is 10.3. The molecule has 2 N–H and O–H groups in total. The number of nitrogens with zero attached hydrogens (tertiary/aromatic N) is 2. The van der Waals surface area contributed by atoms with Crippen LogP contribution in [0.4, 0.5) is 4.39 Å². The number of imidazole rings is 1. The van der Waals surface area contributed by atoms with Gasteiger partial charge in [0.1, 0.15) is 24.2 Å². The van der Waals surface area contributed by atoms with Gasteiger partial charge in [0.25, 0.3) is 5.91 Å². The van der Waals surface area contributed by atoms with Crippen molar-refractivity contribution in [3.05, 3.63) is 60.2 Å². The zero-order valence-electron chi connectivity index (χ0n) is 17.9. The van der Waals surface area contributed by atoms with E-state index in [2.05, 4.69) is 10.3 Å². The Hall–Kier alpha value is -3.24. The van der Waals surface area contributed by atoms with E-state index in [0.717, 1.165) is 0 Å². The number of hydrogen-bond donors (Lipinski definition) is 2. The Morgan fingerprint density at radius 1 is 1.19 bits per heavy atom. The van der Waals surface area contributed by atoms with Gasteiger partial charge < -0.3 is 24.6 Å². The highest BCUT2D eigenvalue weighted by molar-refractivity contribution is 7.98. The maximum absolute atomic E-state index is 13.3. The molecular formula is C22H24FN3O5S. The number of benzene rings is 2. The van der Waals surface area contributed by atoms with Gasteiger partial charge in [-0.25, -0.2) is 9.37 Å². The number of hydrogen-bond acceptors (Lipinski definition) is 7. The molecule has 8 nitrogen and oxygen atoms in total. The predicted molar refractivity (Wildman–Crippen MR) is 119 cm³/mol. The number of thioether (sulfide) groups is 1. The minimum atomic E-state index is -0.990. The van der Waals surface area contributed by atoms with E-state index in [4.69, 9.17) is 14.2 Å². The monoisotopic (exact) mass is 461 g/mol. The molecule has 1 aromatic heterocycles. The summed E-state index contributed by atoms with van der Waals surface area (Å²) < 4.78 is 31.1. The van der Waals surface area contributed by atoms with Gasteiger partial charge >= 0.3 is 0 Å². The zero-order valence-corrected chi connectivity index (χ0v) is 18.7. The molecule has 0 radical (unpaired) electrons. The highest BCUT2D eigenvalue weighted by Crippen LogP contribution is 2.36. The first-order chi connectivity index (χ1) is 15.5. The number of aromatic nitrogens is 2. The molecule has 0 bridgehead atoms. The highest BCUT2D eigenvalue weighted by Gasteiger charge is 2.19. The second-order valence-electron chi connectivity index (χ2n) is 6.61. The Morgan fingerprint density at radius 2 is 1.84 bits per heavy atom. The van der Waals surface area contributed by atoms with Crippen molar-refractivity contribution < 1.29 is 28.5 Å². The van der Waals surface area contributed by atoms with E-state index in [-0.39, 0.29) is 24.7 Å². The van der Waals surface area contributed by atoms with Crippen molar-refractivity contribution in [1.29, 1.82) is 0 Å². The van der Waals surface area contributed by atoms with Gasteiger partial charge in [0.2, 0.25) is 5.75 Å². The van der Waals surface area contributed by atoms with Gasteiger partial charge in [0.15, 0.2) is 16.7 Å². The summed E-state index contributed by atoms with van der Waals surface area (Å²) in [7, 11) is 3.01. The first-order valence-corrected chi connectivity index (χ1v) is 10.9. The fourth-order valence-electron chi connectivity index (χ4n) is 2.98. The quantitative estimate of drug-likeness (QED) is 0.448. The van der Waals surface area contributed by atoms with Crippen LogP contribution in [-0.4, -0.2) is 60.3 Å². The summed E-state index contributed by atoms with van der Waals surface area (Å²) in [5.41, 5.74) is 0.867. The second kappa shape index (κ2) is 10.9. The standard InChI is InChI=1S/C22H24FN3O5S/c1-29-18-5-4-6-19(30-2)20(18)31-13-16(27)11-24-21(28)17-12-25-22(32-3)26(17)15-9-7-14(23)8-10-15/h4-10,12,16,27H,11,13H2,1-3H3,(H,24,28). The summed E-state index contributed by atoms with van der Waals surface area (Å²) in [6.07, 6.45) is 2.28. The molecule has 10 heteroatoms. The Labute approximate surface area is 189 Å². The highest BCUT2D eigenvalue weighted by atomic mass is 32.2. The lowest BCUT2D eigenvalue weighted by molar-refractivity contribution is 0.0828. The molecule has 2 aromatic carbocycles. The number of halogens is 1. The molecule has 0 fully saturated rings. The van der Waals surface area contributed by atoms with Crippen LogP contribution in [0.25, 0.3) is 5.69 Å². The molecule has 1 amide bonds. The van der Waals surface area contributed by atoms with Gasteiger partial charge in [-0.3, -0.25) is 9.36 Å². The summed E-state index contributed by atoms with van der Waals surface area (Å²) in [5, 5.41) is 13.6.